The van der Waals surface area contributed by atoms with Gasteiger partial charge < -0.3 is 9.80 Å². The lowest BCUT2D eigenvalue weighted by Gasteiger charge is -2.39. The molecule has 0 saturated carbocycles. The van der Waals surface area contributed by atoms with Crippen molar-refractivity contribution in [3.63, 3.8) is 0 Å². The van der Waals surface area contributed by atoms with Gasteiger partial charge in [0.05, 0.1) is 6.04 Å². The number of aryl methyl sites for hydroxylation is 1. The van der Waals surface area contributed by atoms with E-state index in [1.54, 1.807) is 22.3 Å². The Hall–Kier alpha value is -3.18. The SMILES string of the molecule is CCC(C)N(CC(=O)N1CCc2sccc2C1c1ccccc1C)C(=O)/C=C/c1ccccc1. The van der Waals surface area contributed by atoms with E-state index < -0.39 is 0 Å². The molecule has 2 heterocycles. The van der Waals surface area contributed by atoms with Gasteiger partial charge in [0.15, 0.2) is 0 Å². The van der Waals surface area contributed by atoms with E-state index in [1.165, 1.54) is 16.0 Å². The second-order valence-electron chi connectivity index (χ2n) is 8.86. The third kappa shape index (κ3) is 5.15. The summed E-state index contributed by atoms with van der Waals surface area (Å²) in [7, 11) is 0. The van der Waals surface area contributed by atoms with Crippen molar-refractivity contribution >= 4 is 29.2 Å². The molecule has 2 unspecified atom stereocenters. The number of carbonyl (C=O) groups excluding carboxylic acids is 2. The van der Waals surface area contributed by atoms with E-state index in [4.69, 9.17) is 0 Å². The van der Waals surface area contributed by atoms with Crippen LogP contribution in [0.2, 0.25) is 0 Å². The number of hydrogen-bond acceptors (Lipinski definition) is 3. The van der Waals surface area contributed by atoms with Crippen LogP contribution >= 0.6 is 11.3 Å². The van der Waals surface area contributed by atoms with Gasteiger partial charge in [-0.25, -0.2) is 0 Å². The van der Waals surface area contributed by atoms with Crippen molar-refractivity contribution in [3.8, 4) is 0 Å². The van der Waals surface area contributed by atoms with E-state index in [1.807, 2.05) is 67.3 Å². The fraction of sp³-hybridized carbons (Fsp3) is 0.310. The number of hydrogen-bond donors (Lipinski definition) is 0. The minimum absolute atomic E-state index is 0.00753. The third-order valence-electron chi connectivity index (χ3n) is 6.70. The number of amides is 2. The van der Waals surface area contributed by atoms with Gasteiger partial charge in [-0.2, -0.15) is 0 Å². The molecule has 2 aromatic carbocycles. The van der Waals surface area contributed by atoms with Gasteiger partial charge in [-0.05, 0) is 66.5 Å². The zero-order valence-electron chi connectivity index (χ0n) is 20.1. The highest BCUT2D eigenvalue weighted by Gasteiger charge is 2.35. The molecule has 0 spiro atoms. The molecule has 1 aliphatic heterocycles. The third-order valence-corrected chi connectivity index (χ3v) is 7.70. The predicted molar refractivity (Wildman–Crippen MR) is 140 cm³/mol. The van der Waals surface area contributed by atoms with Crippen LogP contribution in [0.25, 0.3) is 6.08 Å². The van der Waals surface area contributed by atoms with Crippen LogP contribution < -0.4 is 0 Å². The molecular formula is C29H32N2O2S. The number of rotatable bonds is 7. The summed E-state index contributed by atoms with van der Waals surface area (Å²) < 4.78 is 0. The van der Waals surface area contributed by atoms with Gasteiger partial charge in [-0.3, -0.25) is 9.59 Å². The second-order valence-corrected chi connectivity index (χ2v) is 9.86. The Morgan fingerprint density at radius 1 is 1.09 bits per heavy atom. The summed E-state index contributed by atoms with van der Waals surface area (Å²) in [5.74, 6) is -0.140. The molecule has 4 nitrogen and oxygen atoms in total. The molecule has 1 aromatic heterocycles. The van der Waals surface area contributed by atoms with Gasteiger partial charge in [-0.1, -0.05) is 61.5 Å². The molecule has 0 saturated heterocycles. The highest BCUT2D eigenvalue weighted by Crippen LogP contribution is 2.39. The van der Waals surface area contributed by atoms with E-state index in [0.717, 1.165) is 24.0 Å². The molecule has 176 valence electrons. The topological polar surface area (TPSA) is 40.6 Å². The molecule has 0 aliphatic carbocycles. The molecular weight excluding hydrogens is 440 g/mol. The summed E-state index contributed by atoms with van der Waals surface area (Å²) in [4.78, 5) is 31.9. The second kappa shape index (κ2) is 10.8. The fourth-order valence-electron chi connectivity index (χ4n) is 4.55. The minimum atomic E-state index is -0.132. The first-order valence-corrected chi connectivity index (χ1v) is 12.8. The molecule has 1 aliphatic rings. The summed E-state index contributed by atoms with van der Waals surface area (Å²) in [6.45, 7) is 6.89. The van der Waals surface area contributed by atoms with Gasteiger partial charge in [-0.15, -0.1) is 11.3 Å². The molecule has 0 bridgehead atoms. The van der Waals surface area contributed by atoms with Gasteiger partial charge in [0.2, 0.25) is 11.8 Å². The summed E-state index contributed by atoms with van der Waals surface area (Å²) in [5, 5.41) is 2.12. The highest BCUT2D eigenvalue weighted by molar-refractivity contribution is 7.10. The molecule has 3 aromatic rings. The Kier molecular flexibility index (Phi) is 7.63. The molecule has 5 heteroatoms. The number of fused-ring (bicyclic) bond motifs is 1. The van der Waals surface area contributed by atoms with Crippen LogP contribution in [0, 0.1) is 6.92 Å². The fourth-order valence-corrected chi connectivity index (χ4v) is 5.45. The van der Waals surface area contributed by atoms with Crippen LogP contribution in [0.1, 0.15) is 53.4 Å². The summed E-state index contributed by atoms with van der Waals surface area (Å²) in [5.41, 5.74) is 4.50. The van der Waals surface area contributed by atoms with Crippen LogP contribution in [-0.4, -0.2) is 40.7 Å². The number of benzene rings is 2. The first-order chi connectivity index (χ1) is 16.5. The van der Waals surface area contributed by atoms with Gasteiger partial charge in [0.1, 0.15) is 6.54 Å². The lowest BCUT2D eigenvalue weighted by Crippen LogP contribution is -2.48. The molecule has 0 radical (unpaired) electrons. The van der Waals surface area contributed by atoms with E-state index in [2.05, 4.69) is 30.5 Å². The maximum atomic E-state index is 13.7. The van der Waals surface area contributed by atoms with Crippen molar-refractivity contribution in [3.05, 3.63) is 99.3 Å². The molecule has 2 amide bonds. The standard InChI is InChI=1S/C29H32N2O2S/c1-4-22(3)31(27(32)15-14-23-11-6-5-7-12-23)20-28(33)30-18-16-26-25(17-19-34-26)29(30)24-13-9-8-10-21(24)2/h5-15,17,19,22,29H,4,16,18,20H2,1-3H3/b15-14+. The minimum Gasteiger partial charge on any atom is -0.330 e. The average Bonchev–Trinajstić information content (AvgIpc) is 3.35. The first-order valence-electron chi connectivity index (χ1n) is 11.9. The highest BCUT2D eigenvalue weighted by atomic mass is 32.1. The average molecular weight is 473 g/mol. The van der Waals surface area contributed by atoms with Crippen LogP contribution in [0.3, 0.4) is 0 Å². The summed E-state index contributed by atoms with van der Waals surface area (Å²) in [6, 6.07) is 20.1. The van der Waals surface area contributed by atoms with Crippen molar-refractivity contribution in [2.75, 3.05) is 13.1 Å². The summed E-state index contributed by atoms with van der Waals surface area (Å²) in [6.07, 6.45) is 5.04. The Morgan fingerprint density at radius 3 is 2.56 bits per heavy atom. The number of carbonyl (C=O) groups is 2. The smallest absolute Gasteiger partial charge is 0.247 e. The van der Waals surface area contributed by atoms with Gasteiger partial charge in [0, 0.05) is 23.5 Å². The molecule has 4 rings (SSSR count). The van der Waals surface area contributed by atoms with Gasteiger partial charge in [0.25, 0.3) is 0 Å². The van der Waals surface area contributed by atoms with Crippen molar-refractivity contribution < 1.29 is 9.59 Å². The normalized spacial score (nSPS) is 16.3. The maximum Gasteiger partial charge on any atom is 0.247 e. The molecule has 2 atom stereocenters. The number of thiophene rings is 1. The van der Waals surface area contributed by atoms with Crippen molar-refractivity contribution in [1.29, 1.82) is 0 Å². The Bertz CT molecular complexity index is 1170. The van der Waals surface area contributed by atoms with Crippen LogP contribution in [0.15, 0.2) is 72.1 Å². The Labute approximate surface area is 206 Å². The largest absolute Gasteiger partial charge is 0.330 e. The summed E-state index contributed by atoms with van der Waals surface area (Å²) >= 11 is 1.76. The lowest BCUT2D eigenvalue weighted by molar-refractivity contribution is -0.141. The predicted octanol–water partition coefficient (Wildman–Crippen LogP) is 5.87. The van der Waals surface area contributed by atoms with Crippen molar-refractivity contribution in [2.24, 2.45) is 0 Å². The molecule has 0 fully saturated rings. The lowest BCUT2D eigenvalue weighted by atomic mass is 9.90. The van der Waals surface area contributed by atoms with Gasteiger partial charge >= 0.3 is 0 Å². The zero-order chi connectivity index (χ0) is 24.1. The zero-order valence-corrected chi connectivity index (χ0v) is 20.9. The van der Waals surface area contributed by atoms with E-state index >= 15 is 0 Å². The van der Waals surface area contributed by atoms with E-state index in [9.17, 15) is 9.59 Å². The van der Waals surface area contributed by atoms with E-state index in [-0.39, 0.29) is 30.4 Å². The maximum absolute atomic E-state index is 13.7. The Balaban J connectivity index is 1.59. The quantitative estimate of drug-likeness (QED) is 0.404. The molecule has 0 N–H and O–H groups in total. The van der Waals surface area contributed by atoms with E-state index in [0.29, 0.717) is 6.54 Å². The van der Waals surface area contributed by atoms with Crippen LogP contribution in [-0.2, 0) is 16.0 Å². The molecule has 34 heavy (non-hydrogen) atoms. The number of nitrogens with zero attached hydrogens (tertiary/aromatic N) is 2. The van der Waals surface area contributed by atoms with Crippen molar-refractivity contribution in [1.82, 2.24) is 9.80 Å². The first kappa shape index (κ1) is 24.0. The van der Waals surface area contributed by atoms with Crippen LogP contribution in [0.5, 0.6) is 0 Å². The Morgan fingerprint density at radius 2 is 1.82 bits per heavy atom. The van der Waals surface area contributed by atoms with Crippen molar-refractivity contribution in [2.45, 2.75) is 45.7 Å². The van der Waals surface area contributed by atoms with Crippen LogP contribution in [0.4, 0.5) is 0 Å². The monoisotopic (exact) mass is 472 g/mol.